The van der Waals surface area contributed by atoms with E-state index in [9.17, 15) is 0 Å². The summed E-state index contributed by atoms with van der Waals surface area (Å²) in [5.74, 6) is 0.912. The van der Waals surface area contributed by atoms with E-state index in [0.717, 1.165) is 18.6 Å². The zero-order chi connectivity index (χ0) is 13.0. The number of nitrogens with two attached hydrogens (primary N) is 1. The van der Waals surface area contributed by atoms with Crippen LogP contribution in [0.15, 0.2) is 24.3 Å². The fourth-order valence-electron chi connectivity index (χ4n) is 2.63. The predicted octanol–water partition coefficient (Wildman–Crippen LogP) is 2.62. The number of methoxy groups -OCH3 is 1. The lowest BCUT2D eigenvalue weighted by Crippen LogP contribution is -2.38. The molecule has 0 aromatic heterocycles. The Labute approximate surface area is 110 Å². The van der Waals surface area contributed by atoms with Crippen LogP contribution in [0.1, 0.15) is 44.2 Å². The molecule has 3 nitrogen and oxygen atoms in total. The number of benzene rings is 1. The average Bonchev–Trinajstić information content (AvgIpc) is 2.41. The number of hydrogen-bond acceptors (Lipinski definition) is 3. The van der Waals surface area contributed by atoms with Gasteiger partial charge in [0.15, 0.2) is 0 Å². The molecule has 1 fully saturated rings. The lowest BCUT2D eigenvalue weighted by molar-refractivity contribution is 0.322. The van der Waals surface area contributed by atoms with Crippen LogP contribution in [0, 0.1) is 0 Å². The van der Waals surface area contributed by atoms with Gasteiger partial charge in [0.25, 0.3) is 0 Å². The molecular formula is C15H24N2O. The summed E-state index contributed by atoms with van der Waals surface area (Å²) in [5.41, 5.74) is 7.24. The summed E-state index contributed by atoms with van der Waals surface area (Å²) in [4.78, 5) is 0. The molecule has 0 amide bonds. The van der Waals surface area contributed by atoms with Gasteiger partial charge in [0.05, 0.1) is 7.11 Å². The lowest BCUT2D eigenvalue weighted by atomic mass is 9.91. The number of hydrogen-bond donors (Lipinski definition) is 2. The Morgan fingerprint density at radius 2 is 1.78 bits per heavy atom. The quantitative estimate of drug-likeness (QED) is 0.861. The summed E-state index contributed by atoms with van der Waals surface area (Å²) >= 11 is 0. The van der Waals surface area contributed by atoms with Gasteiger partial charge in [0, 0.05) is 18.1 Å². The van der Waals surface area contributed by atoms with Crippen LogP contribution < -0.4 is 15.8 Å². The Bertz CT molecular complexity index is 355. The molecule has 100 valence electrons. The van der Waals surface area contributed by atoms with Gasteiger partial charge in [-0.05, 0) is 50.3 Å². The van der Waals surface area contributed by atoms with Crippen molar-refractivity contribution in [1.29, 1.82) is 0 Å². The van der Waals surface area contributed by atoms with Crippen molar-refractivity contribution in [3.63, 3.8) is 0 Å². The first kappa shape index (κ1) is 13.4. The fourth-order valence-corrected chi connectivity index (χ4v) is 2.63. The van der Waals surface area contributed by atoms with Gasteiger partial charge in [-0.25, -0.2) is 0 Å². The van der Waals surface area contributed by atoms with E-state index in [2.05, 4.69) is 24.4 Å². The average molecular weight is 248 g/mol. The summed E-state index contributed by atoms with van der Waals surface area (Å²) in [6, 6.07) is 9.71. The molecule has 3 heteroatoms. The Hall–Kier alpha value is -1.06. The number of ether oxygens (including phenoxy) is 1. The molecule has 1 aromatic rings. The van der Waals surface area contributed by atoms with Crippen molar-refractivity contribution in [2.75, 3.05) is 7.11 Å². The van der Waals surface area contributed by atoms with Gasteiger partial charge in [-0.15, -0.1) is 0 Å². The molecule has 1 unspecified atom stereocenters. The van der Waals surface area contributed by atoms with Gasteiger partial charge < -0.3 is 15.8 Å². The van der Waals surface area contributed by atoms with E-state index < -0.39 is 0 Å². The van der Waals surface area contributed by atoms with Gasteiger partial charge in [-0.2, -0.15) is 0 Å². The van der Waals surface area contributed by atoms with E-state index >= 15 is 0 Å². The van der Waals surface area contributed by atoms with Gasteiger partial charge in [0.1, 0.15) is 5.75 Å². The second-order valence-corrected chi connectivity index (χ2v) is 5.27. The molecule has 0 spiro atoms. The van der Waals surface area contributed by atoms with Crippen molar-refractivity contribution in [2.24, 2.45) is 5.73 Å². The number of nitrogens with one attached hydrogen (secondary N) is 1. The first-order valence-electron chi connectivity index (χ1n) is 6.84. The summed E-state index contributed by atoms with van der Waals surface area (Å²) < 4.78 is 5.18. The number of rotatable bonds is 4. The van der Waals surface area contributed by atoms with Crippen LogP contribution in [0.25, 0.3) is 0 Å². The normalized spacial score (nSPS) is 25.7. The summed E-state index contributed by atoms with van der Waals surface area (Å²) in [7, 11) is 1.70. The molecule has 0 bridgehead atoms. The van der Waals surface area contributed by atoms with Crippen LogP contribution in [0.3, 0.4) is 0 Å². The lowest BCUT2D eigenvalue weighted by Gasteiger charge is -2.29. The highest BCUT2D eigenvalue weighted by Crippen LogP contribution is 2.22. The van der Waals surface area contributed by atoms with Crippen LogP contribution in [0.4, 0.5) is 0 Å². The van der Waals surface area contributed by atoms with Gasteiger partial charge in [-0.1, -0.05) is 12.1 Å². The maximum Gasteiger partial charge on any atom is 0.118 e. The maximum absolute atomic E-state index is 5.93. The van der Waals surface area contributed by atoms with Crippen molar-refractivity contribution < 1.29 is 4.74 Å². The Morgan fingerprint density at radius 1 is 1.17 bits per heavy atom. The molecule has 0 heterocycles. The molecular weight excluding hydrogens is 224 g/mol. The van der Waals surface area contributed by atoms with E-state index in [1.54, 1.807) is 7.11 Å². The Balaban J connectivity index is 1.88. The van der Waals surface area contributed by atoms with Crippen molar-refractivity contribution in [3.8, 4) is 5.75 Å². The standard InChI is InChI=1S/C15H24N2O/c1-11(12-3-9-15(18-2)10-4-12)17-14-7-5-13(16)6-8-14/h3-4,9-11,13-14,17H,5-8,16H2,1-2H3. The van der Waals surface area contributed by atoms with Gasteiger partial charge in [-0.3, -0.25) is 0 Å². The topological polar surface area (TPSA) is 47.3 Å². The summed E-state index contributed by atoms with van der Waals surface area (Å²) in [5, 5.41) is 3.70. The minimum Gasteiger partial charge on any atom is -0.497 e. The second kappa shape index (κ2) is 6.21. The van der Waals surface area contributed by atoms with E-state index in [1.807, 2.05) is 12.1 Å². The smallest absolute Gasteiger partial charge is 0.118 e. The zero-order valence-corrected chi connectivity index (χ0v) is 11.4. The molecule has 0 aliphatic heterocycles. The molecule has 1 saturated carbocycles. The molecule has 1 atom stereocenters. The summed E-state index contributed by atoms with van der Waals surface area (Å²) in [6.07, 6.45) is 4.68. The van der Waals surface area contributed by atoms with Crippen LogP contribution >= 0.6 is 0 Å². The fraction of sp³-hybridized carbons (Fsp3) is 0.600. The molecule has 18 heavy (non-hydrogen) atoms. The largest absolute Gasteiger partial charge is 0.497 e. The van der Waals surface area contributed by atoms with Gasteiger partial charge in [0.2, 0.25) is 0 Å². The second-order valence-electron chi connectivity index (χ2n) is 5.27. The first-order valence-corrected chi connectivity index (χ1v) is 6.84. The molecule has 2 rings (SSSR count). The van der Waals surface area contributed by atoms with Crippen molar-refractivity contribution in [1.82, 2.24) is 5.32 Å². The van der Waals surface area contributed by atoms with Crippen LogP contribution in [-0.4, -0.2) is 19.2 Å². The Morgan fingerprint density at radius 3 is 2.33 bits per heavy atom. The first-order chi connectivity index (χ1) is 8.69. The van der Waals surface area contributed by atoms with Crippen LogP contribution in [0.2, 0.25) is 0 Å². The maximum atomic E-state index is 5.93. The third-order valence-corrected chi connectivity index (χ3v) is 3.87. The van der Waals surface area contributed by atoms with Crippen molar-refractivity contribution >= 4 is 0 Å². The summed E-state index contributed by atoms with van der Waals surface area (Å²) in [6.45, 7) is 2.22. The monoisotopic (exact) mass is 248 g/mol. The van der Waals surface area contributed by atoms with Crippen LogP contribution in [0.5, 0.6) is 5.75 Å². The van der Waals surface area contributed by atoms with Crippen molar-refractivity contribution in [2.45, 2.75) is 50.7 Å². The van der Waals surface area contributed by atoms with Crippen molar-refractivity contribution in [3.05, 3.63) is 29.8 Å². The predicted molar refractivity (Wildman–Crippen MR) is 74.8 cm³/mol. The van der Waals surface area contributed by atoms with E-state index in [0.29, 0.717) is 18.1 Å². The highest BCUT2D eigenvalue weighted by molar-refractivity contribution is 5.28. The highest BCUT2D eigenvalue weighted by Gasteiger charge is 2.20. The van der Waals surface area contributed by atoms with Gasteiger partial charge >= 0.3 is 0 Å². The minimum atomic E-state index is 0.384. The molecule has 1 aliphatic carbocycles. The molecule has 0 radical (unpaired) electrons. The third kappa shape index (κ3) is 3.47. The van der Waals surface area contributed by atoms with Crippen LogP contribution in [-0.2, 0) is 0 Å². The third-order valence-electron chi connectivity index (χ3n) is 3.87. The molecule has 1 aromatic carbocycles. The van der Waals surface area contributed by atoms with E-state index in [1.165, 1.54) is 18.4 Å². The van der Waals surface area contributed by atoms with E-state index in [-0.39, 0.29) is 0 Å². The zero-order valence-electron chi connectivity index (χ0n) is 11.4. The SMILES string of the molecule is COc1ccc(C(C)NC2CCC(N)CC2)cc1. The van der Waals surface area contributed by atoms with E-state index in [4.69, 9.17) is 10.5 Å². The minimum absolute atomic E-state index is 0.384. The Kier molecular flexibility index (Phi) is 4.61. The molecule has 1 aliphatic rings. The molecule has 3 N–H and O–H groups in total. The highest BCUT2D eigenvalue weighted by atomic mass is 16.5. The molecule has 0 saturated heterocycles.